The fourth-order valence-electron chi connectivity index (χ4n) is 1.28. The summed E-state index contributed by atoms with van der Waals surface area (Å²) in [7, 11) is 3.13. The van der Waals surface area contributed by atoms with Crippen LogP contribution in [0.2, 0.25) is 0 Å². The first-order valence-electron chi connectivity index (χ1n) is 5.20. The van der Waals surface area contributed by atoms with E-state index in [0.29, 0.717) is 24.7 Å². The molecule has 6 heteroatoms. The molecule has 1 aromatic rings. The van der Waals surface area contributed by atoms with Crippen molar-refractivity contribution in [2.45, 2.75) is 12.5 Å². The van der Waals surface area contributed by atoms with Crippen LogP contribution in [-0.2, 0) is 4.79 Å². The number of likely N-dealkylation sites (N-methyl/N-ethyl adjacent to an activating group) is 1. The molecule has 0 spiro atoms. The lowest BCUT2D eigenvalue weighted by molar-refractivity contribution is -0.139. The van der Waals surface area contributed by atoms with E-state index in [9.17, 15) is 4.79 Å². The highest BCUT2D eigenvalue weighted by molar-refractivity contribution is 5.73. The number of carboxylic acid groups (broad SMARTS) is 1. The summed E-state index contributed by atoms with van der Waals surface area (Å²) < 4.78 is 10.4. The van der Waals surface area contributed by atoms with Crippen LogP contribution < -0.4 is 14.8 Å². The van der Waals surface area contributed by atoms with Crippen molar-refractivity contribution in [3.63, 3.8) is 0 Å². The molecule has 0 amide bonds. The van der Waals surface area contributed by atoms with Crippen LogP contribution in [-0.4, -0.2) is 42.9 Å². The number of aromatic nitrogens is 1. The second-order valence-electron chi connectivity index (χ2n) is 3.35. The lowest BCUT2D eigenvalue weighted by Crippen LogP contribution is -2.35. The molecule has 1 atom stereocenters. The molecule has 1 heterocycles. The van der Waals surface area contributed by atoms with Gasteiger partial charge in [0.2, 0.25) is 5.88 Å². The smallest absolute Gasteiger partial charge is 0.320 e. The van der Waals surface area contributed by atoms with Crippen molar-refractivity contribution in [3.8, 4) is 11.6 Å². The van der Waals surface area contributed by atoms with Gasteiger partial charge in [-0.15, -0.1) is 0 Å². The Labute approximate surface area is 99.6 Å². The van der Waals surface area contributed by atoms with E-state index in [1.54, 1.807) is 25.4 Å². The van der Waals surface area contributed by atoms with Gasteiger partial charge in [0, 0.05) is 18.7 Å². The van der Waals surface area contributed by atoms with Crippen molar-refractivity contribution in [1.82, 2.24) is 10.3 Å². The van der Waals surface area contributed by atoms with Crippen LogP contribution >= 0.6 is 0 Å². The van der Waals surface area contributed by atoms with Crippen LogP contribution in [0.4, 0.5) is 0 Å². The molecule has 0 fully saturated rings. The molecule has 1 rings (SSSR count). The number of carbonyl (C=O) groups is 1. The molecule has 6 nitrogen and oxygen atoms in total. The number of aliphatic carboxylic acids is 1. The van der Waals surface area contributed by atoms with Crippen molar-refractivity contribution in [3.05, 3.63) is 18.3 Å². The zero-order valence-corrected chi connectivity index (χ0v) is 9.84. The first kappa shape index (κ1) is 13.2. The number of rotatable bonds is 7. The fraction of sp³-hybridized carbons (Fsp3) is 0.455. The molecule has 0 aromatic carbocycles. The second kappa shape index (κ2) is 6.70. The highest BCUT2D eigenvalue weighted by Gasteiger charge is 2.14. The standard InChI is InChI=1S/C11H16N2O4/c1-12-9(11(14)15)4-6-17-8-3-5-13-10(7-8)16-2/h3,5,7,9,12H,4,6H2,1-2H3,(H,14,15)/t9-/m0/s1. The van der Waals surface area contributed by atoms with Crippen molar-refractivity contribution >= 4 is 5.97 Å². The predicted octanol–water partition coefficient (Wildman–Crippen LogP) is 0.532. The third-order valence-corrected chi connectivity index (χ3v) is 2.24. The van der Waals surface area contributed by atoms with Gasteiger partial charge in [-0.05, 0) is 13.1 Å². The summed E-state index contributed by atoms with van der Waals surface area (Å²) >= 11 is 0. The highest BCUT2D eigenvalue weighted by Crippen LogP contribution is 2.15. The SMILES string of the molecule is CN[C@@H](CCOc1ccnc(OC)c1)C(=O)O. The van der Waals surface area contributed by atoms with Crippen molar-refractivity contribution < 1.29 is 19.4 Å². The Bertz CT molecular complexity index is 370. The van der Waals surface area contributed by atoms with Crippen LogP contribution in [0.25, 0.3) is 0 Å². The molecule has 94 valence electrons. The average Bonchev–Trinajstić information content (AvgIpc) is 2.34. The molecule has 0 saturated heterocycles. The van der Waals surface area contributed by atoms with E-state index in [2.05, 4.69) is 10.3 Å². The van der Waals surface area contributed by atoms with E-state index in [1.807, 2.05) is 0 Å². The number of carboxylic acids is 1. The van der Waals surface area contributed by atoms with Crippen molar-refractivity contribution in [1.29, 1.82) is 0 Å². The number of nitrogens with one attached hydrogen (secondary N) is 1. The Morgan fingerprint density at radius 1 is 1.65 bits per heavy atom. The Morgan fingerprint density at radius 3 is 3.00 bits per heavy atom. The van der Waals surface area contributed by atoms with Gasteiger partial charge in [-0.25, -0.2) is 4.98 Å². The molecule has 0 aliphatic rings. The molecule has 0 radical (unpaired) electrons. The first-order chi connectivity index (χ1) is 8.17. The zero-order valence-electron chi connectivity index (χ0n) is 9.84. The Balaban J connectivity index is 2.42. The number of methoxy groups -OCH3 is 1. The van der Waals surface area contributed by atoms with E-state index in [0.717, 1.165) is 0 Å². The second-order valence-corrected chi connectivity index (χ2v) is 3.35. The van der Waals surface area contributed by atoms with E-state index >= 15 is 0 Å². The van der Waals surface area contributed by atoms with Gasteiger partial charge < -0.3 is 19.9 Å². The maximum atomic E-state index is 10.7. The number of hydrogen-bond acceptors (Lipinski definition) is 5. The molecule has 2 N–H and O–H groups in total. The summed E-state index contributed by atoms with van der Waals surface area (Å²) in [6.07, 6.45) is 1.96. The van der Waals surface area contributed by atoms with Crippen LogP contribution in [0.15, 0.2) is 18.3 Å². The van der Waals surface area contributed by atoms with Gasteiger partial charge in [-0.2, -0.15) is 0 Å². The van der Waals surface area contributed by atoms with Gasteiger partial charge in [0.25, 0.3) is 0 Å². The van der Waals surface area contributed by atoms with Crippen LogP contribution in [0, 0.1) is 0 Å². The van der Waals surface area contributed by atoms with Crippen LogP contribution in [0.3, 0.4) is 0 Å². The zero-order chi connectivity index (χ0) is 12.7. The summed E-state index contributed by atoms with van der Waals surface area (Å²) in [5, 5.41) is 11.5. The lowest BCUT2D eigenvalue weighted by Gasteiger charge is -2.12. The minimum Gasteiger partial charge on any atom is -0.493 e. The maximum absolute atomic E-state index is 10.7. The minimum atomic E-state index is -0.886. The number of ether oxygens (including phenoxy) is 2. The topological polar surface area (TPSA) is 80.7 Å². The summed E-state index contributed by atoms with van der Waals surface area (Å²) in [6.45, 7) is 0.310. The molecular formula is C11H16N2O4. The molecular weight excluding hydrogens is 224 g/mol. The van der Waals surface area contributed by atoms with Gasteiger partial charge in [0.15, 0.2) is 0 Å². The summed E-state index contributed by atoms with van der Waals surface area (Å²) in [4.78, 5) is 14.7. The fourth-order valence-corrected chi connectivity index (χ4v) is 1.28. The predicted molar refractivity (Wildman–Crippen MR) is 61.4 cm³/mol. The van der Waals surface area contributed by atoms with E-state index in [4.69, 9.17) is 14.6 Å². The number of pyridine rings is 1. The summed E-state index contributed by atoms with van der Waals surface area (Å²) in [5.41, 5.74) is 0. The normalized spacial score (nSPS) is 11.9. The van der Waals surface area contributed by atoms with Gasteiger partial charge in [-0.1, -0.05) is 0 Å². The van der Waals surface area contributed by atoms with Crippen molar-refractivity contribution in [2.75, 3.05) is 20.8 Å². The first-order valence-corrected chi connectivity index (χ1v) is 5.20. The van der Waals surface area contributed by atoms with E-state index in [1.165, 1.54) is 7.11 Å². The Hall–Kier alpha value is -1.82. The maximum Gasteiger partial charge on any atom is 0.320 e. The minimum absolute atomic E-state index is 0.310. The highest BCUT2D eigenvalue weighted by atomic mass is 16.5. The third-order valence-electron chi connectivity index (χ3n) is 2.24. The van der Waals surface area contributed by atoms with Crippen molar-refractivity contribution in [2.24, 2.45) is 0 Å². The molecule has 1 aromatic heterocycles. The molecule has 0 aliphatic carbocycles. The van der Waals surface area contributed by atoms with Gasteiger partial charge in [0.05, 0.1) is 13.7 Å². The number of hydrogen-bond donors (Lipinski definition) is 2. The molecule has 0 aliphatic heterocycles. The third kappa shape index (κ3) is 4.28. The van der Waals surface area contributed by atoms with Gasteiger partial charge in [-0.3, -0.25) is 4.79 Å². The molecule has 17 heavy (non-hydrogen) atoms. The Kier molecular flexibility index (Phi) is 5.22. The van der Waals surface area contributed by atoms with E-state index < -0.39 is 12.0 Å². The summed E-state index contributed by atoms with van der Waals surface area (Å²) in [6, 6.07) is 2.74. The molecule has 0 bridgehead atoms. The van der Waals surface area contributed by atoms with E-state index in [-0.39, 0.29) is 0 Å². The average molecular weight is 240 g/mol. The monoisotopic (exact) mass is 240 g/mol. The Morgan fingerprint density at radius 2 is 2.41 bits per heavy atom. The van der Waals surface area contributed by atoms with Gasteiger partial charge >= 0.3 is 5.97 Å². The van der Waals surface area contributed by atoms with Crippen LogP contribution in [0.1, 0.15) is 6.42 Å². The summed E-state index contributed by atoms with van der Waals surface area (Å²) in [5.74, 6) is 0.186. The largest absolute Gasteiger partial charge is 0.493 e. The van der Waals surface area contributed by atoms with Gasteiger partial charge in [0.1, 0.15) is 11.8 Å². The lowest BCUT2D eigenvalue weighted by atomic mass is 10.2. The molecule has 0 unspecified atom stereocenters. The van der Waals surface area contributed by atoms with Crippen LogP contribution in [0.5, 0.6) is 11.6 Å². The molecule has 0 saturated carbocycles. The number of nitrogens with zero attached hydrogens (tertiary/aromatic N) is 1. The quantitative estimate of drug-likeness (QED) is 0.723.